The number of furan rings is 1. The van der Waals surface area contributed by atoms with Gasteiger partial charge in [0, 0.05) is 43.6 Å². The van der Waals surface area contributed by atoms with Gasteiger partial charge in [-0.3, -0.25) is 4.40 Å². The third kappa shape index (κ3) is 2.93. The van der Waals surface area contributed by atoms with Crippen LogP contribution in [0.3, 0.4) is 0 Å². The number of fused-ring (bicyclic) bond motifs is 12. The minimum Gasteiger partial charge on any atom is -0.455 e. The highest BCUT2D eigenvalue weighted by Gasteiger charge is 2.22. The second-order valence-corrected chi connectivity index (χ2v) is 12.0. The summed E-state index contributed by atoms with van der Waals surface area (Å²) < 4.78 is 11.5. The maximum Gasteiger partial charge on any atom is 0.145 e. The highest BCUT2D eigenvalue weighted by Crippen LogP contribution is 2.43. The normalized spacial score (nSPS) is 12.4. The molecule has 11 aromatic rings. The summed E-state index contributed by atoms with van der Waals surface area (Å²) in [7, 11) is 0. The summed E-state index contributed by atoms with van der Waals surface area (Å²) in [5, 5.41) is 9.37. The number of hydrogen-bond acceptors (Lipinski definition) is 2. The number of para-hydroxylation sites is 1. The van der Waals surface area contributed by atoms with Crippen LogP contribution < -0.4 is 0 Å². The van der Waals surface area contributed by atoms with Crippen molar-refractivity contribution in [1.29, 1.82) is 0 Å². The van der Waals surface area contributed by atoms with Crippen molar-refractivity contribution in [2.75, 3.05) is 0 Å². The smallest absolute Gasteiger partial charge is 0.145 e. The van der Waals surface area contributed by atoms with Gasteiger partial charge in [0.1, 0.15) is 16.8 Å². The van der Waals surface area contributed by atoms with Crippen molar-refractivity contribution in [3.05, 3.63) is 140 Å². The SMILES string of the molecule is c1ccc(-c2nc3cccc4c5ccc(-n6c7ccccc7c7c8oc9c%10ccccc%10ccc9c8ccc76)cc5c2n34)cc1. The second kappa shape index (κ2) is 8.28. The predicted octanol–water partition coefficient (Wildman–Crippen LogP) is 10.9. The first kappa shape index (κ1) is 23.3. The molecule has 0 bridgehead atoms. The van der Waals surface area contributed by atoms with Crippen molar-refractivity contribution in [3.8, 4) is 16.9 Å². The van der Waals surface area contributed by atoms with E-state index in [4.69, 9.17) is 9.40 Å². The van der Waals surface area contributed by atoms with Gasteiger partial charge in [-0.05, 0) is 53.9 Å². The van der Waals surface area contributed by atoms with Crippen LogP contribution in [-0.2, 0) is 0 Å². The highest BCUT2D eigenvalue weighted by molar-refractivity contribution is 6.26. The van der Waals surface area contributed by atoms with E-state index in [2.05, 4.69) is 148 Å². The van der Waals surface area contributed by atoms with E-state index < -0.39 is 0 Å². The molecule has 0 spiro atoms. The van der Waals surface area contributed by atoms with Crippen LogP contribution in [0.2, 0.25) is 0 Å². The summed E-state index contributed by atoms with van der Waals surface area (Å²) in [4.78, 5) is 5.11. The Labute approximate surface area is 256 Å². The Morgan fingerprint density at radius 3 is 2.18 bits per heavy atom. The summed E-state index contributed by atoms with van der Waals surface area (Å²) >= 11 is 0. The summed E-state index contributed by atoms with van der Waals surface area (Å²) in [5.74, 6) is 0. The van der Waals surface area contributed by atoms with Crippen LogP contribution >= 0.6 is 0 Å². The van der Waals surface area contributed by atoms with Gasteiger partial charge >= 0.3 is 0 Å². The molecule has 208 valence electrons. The van der Waals surface area contributed by atoms with Crippen LogP contribution in [0, 0.1) is 0 Å². The number of hydrogen-bond donors (Lipinski definition) is 0. The van der Waals surface area contributed by atoms with E-state index in [1.54, 1.807) is 0 Å². The van der Waals surface area contributed by atoms with E-state index in [0.717, 1.165) is 71.9 Å². The molecular weight excluding hydrogens is 550 g/mol. The van der Waals surface area contributed by atoms with Crippen molar-refractivity contribution in [1.82, 2.24) is 14.0 Å². The van der Waals surface area contributed by atoms with E-state index in [0.29, 0.717) is 0 Å². The molecule has 0 fully saturated rings. The number of aromatic nitrogens is 3. The average Bonchev–Trinajstić information content (AvgIpc) is 3.85. The van der Waals surface area contributed by atoms with Crippen LogP contribution in [0.25, 0.3) is 98.9 Å². The fraction of sp³-hybridized carbons (Fsp3) is 0. The summed E-state index contributed by atoms with van der Waals surface area (Å²) in [6.07, 6.45) is 0. The minimum absolute atomic E-state index is 0.936. The van der Waals surface area contributed by atoms with Crippen molar-refractivity contribution in [2.45, 2.75) is 0 Å². The van der Waals surface area contributed by atoms with E-state index in [1.807, 2.05) is 0 Å². The topological polar surface area (TPSA) is 35.4 Å². The number of benzene rings is 6. The molecule has 11 rings (SSSR count). The van der Waals surface area contributed by atoms with Gasteiger partial charge in [-0.15, -0.1) is 0 Å². The van der Waals surface area contributed by atoms with Crippen LogP contribution in [0.4, 0.5) is 0 Å². The maximum atomic E-state index is 6.82. The molecular formula is C41H23N3O. The third-order valence-corrected chi connectivity index (χ3v) is 9.65. The largest absolute Gasteiger partial charge is 0.455 e. The lowest BCUT2D eigenvalue weighted by Crippen LogP contribution is -1.93. The summed E-state index contributed by atoms with van der Waals surface area (Å²) in [6, 6.07) is 49.8. The lowest BCUT2D eigenvalue weighted by atomic mass is 10.0. The zero-order chi connectivity index (χ0) is 29.2. The van der Waals surface area contributed by atoms with Crippen LogP contribution in [0.5, 0.6) is 0 Å². The molecule has 45 heavy (non-hydrogen) atoms. The maximum absolute atomic E-state index is 6.82. The first-order chi connectivity index (χ1) is 22.3. The average molecular weight is 574 g/mol. The molecule has 0 N–H and O–H groups in total. The summed E-state index contributed by atoms with van der Waals surface area (Å²) in [5.41, 5.74) is 10.7. The molecule has 0 amide bonds. The predicted molar refractivity (Wildman–Crippen MR) is 186 cm³/mol. The van der Waals surface area contributed by atoms with Gasteiger partial charge < -0.3 is 8.98 Å². The van der Waals surface area contributed by atoms with E-state index in [-0.39, 0.29) is 0 Å². The van der Waals surface area contributed by atoms with Crippen molar-refractivity contribution in [2.24, 2.45) is 0 Å². The number of pyridine rings is 1. The van der Waals surface area contributed by atoms with Crippen LogP contribution in [0.15, 0.2) is 144 Å². The first-order valence-electron chi connectivity index (χ1n) is 15.3. The molecule has 0 aliphatic carbocycles. The molecule has 0 radical (unpaired) electrons. The molecule has 4 heteroatoms. The monoisotopic (exact) mass is 573 g/mol. The van der Waals surface area contributed by atoms with Gasteiger partial charge in [-0.1, -0.05) is 91.0 Å². The number of nitrogens with zero attached hydrogens (tertiary/aromatic N) is 3. The Kier molecular flexibility index (Phi) is 4.29. The van der Waals surface area contributed by atoms with Gasteiger partial charge in [-0.25, -0.2) is 4.98 Å². The molecule has 6 aromatic carbocycles. The molecule has 0 atom stereocenters. The van der Waals surface area contributed by atoms with E-state index in [9.17, 15) is 0 Å². The van der Waals surface area contributed by atoms with Crippen molar-refractivity contribution in [3.63, 3.8) is 0 Å². The molecule has 0 unspecified atom stereocenters. The van der Waals surface area contributed by atoms with E-state index in [1.165, 1.54) is 27.1 Å². The minimum atomic E-state index is 0.936. The fourth-order valence-electron chi connectivity index (χ4n) is 7.73. The Balaban J connectivity index is 1.25. The lowest BCUT2D eigenvalue weighted by molar-refractivity contribution is 0.676. The summed E-state index contributed by atoms with van der Waals surface area (Å²) in [6.45, 7) is 0. The zero-order valence-corrected chi connectivity index (χ0v) is 24.0. The highest BCUT2D eigenvalue weighted by atomic mass is 16.3. The molecule has 0 saturated carbocycles. The van der Waals surface area contributed by atoms with Crippen molar-refractivity contribution < 1.29 is 4.42 Å². The van der Waals surface area contributed by atoms with E-state index >= 15 is 0 Å². The van der Waals surface area contributed by atoms with Crippen molar-refractivity contribution >= 4 is 82.0 Å². The second-order valence-electron chi connectivity index (χ2n) is 12.0. The standard InChI is InChI=1S/C41H23N3O/c1-2-10-25(11-3-1)38-39-32-23-26(18-20-28(32)33-15-8-16-36(42-38)44(33)39)43-34-14-7-6-13-31(34)37-35(43)22-21-30-29-19-17-24-9-4-5-12-27(24)40(29)45-41(30)37/h1-23H. The van der Waals surface area contributed by atoms with Crippen LogP contribution in [0.1, 0.15) is 0 Å². The van der Waals surface area contributed by atoms with Gasteiger partial charge in [0.15, 0.2) is 0 Å². The quantitative estimate of drug-likeness (QED) is 0.206. The van der Waals surface area contributed by atoms with Crippen LogP contribution in [-0.4, -0.2) is 14.0 Å². The Morgan fingerprint density at radius 2 is 1.24 bits per heavy atom. The number of imidazole rings is 1. The Bertz CT molecular complexity index is 2980. The molecule has 0 saturated heterocycles. The van der Waals surface area contributed by atoms with Gasteiger partial charge in [-0.2, -0.15) is 0 Å². The third-order valence-electron chi connectivity index (χ3n) is 9.65. The molecule has 0 aliphatic heterocycles. The fourth-order valence-corrected chi connectivity index (χ4v) is 7.73. The van der Waals surface area contributed by atoms with Gasteiger partial charge in [0.2, 0.25) is 0 Å². The molecule has 5 heterocycles. The lowest BCUT2D eigenvalue weighted by Gasteiger charge is -2.08. The molecule has 5 aromatic heterocycles. The Morgan fingerprint density at radius 1 is 0.489 bits per heavy atom. The first-order valence-corrected chi connectivity index (χ1v) is 15.3. The molecule has 0 aliphatic rings. The Hall–Kier alpha value is -6.13. The van der Waals surface area contributed by atoms with Gasteiger partial charge in [0.25, 0.3) is 0 Å². The molecule has 4 nitrogen and oxygen atoms in total. The van der Waals surface area contributed by atoms with Gasteiger partial charge in [0.05, 0.1) is 33.1 Å². The number of rotatable bonds is 2. The zero-order valence-electron chi connectivity index (χ0n) is 24.0.